The third-order valence-electron chi connectivity index (χ3n) is 2.25. The van der Waals surface area contributed by atoms with Crippen LogP contribution in [-0.4, -0.2) is 18.1 Å². The van der Waals surface area contributed by atoms with Crippen LogP contribution >= 0.6 is 23.4 Å². The summed E-state index contributed by atoms with van der Waals surface area (Å²) in [4.78, 5) is 0. The molecule has 0 heterocycles. The van der Waals surface area contributed by atoms with Crippen LogP contribution in [-0.2, 0) is 0 Å². The summed E-state index contributed by atoms with van der Waals surface area (Å²) in [6.45, 7) is 2.04. The zero-order valence-corrected chi connectivity index (χ0v) is 11.0. The Bertz CT molecular complexity index is 360. The van der Waals surface area contributed by atoms with Crippen LogP contribution in [0.2, 0.25) is 5.02 Å². The van der Waals surface area contributed by atoms with E-state index in [-0.39, 0.29) is 11.1 Å². The quantitative estimate of drug-likeness (QED) is 0.796. The molecule has 0 radical (unpaired) electrons. The van der Waals surface area contributed by atoms with Crippen molar-refractivity contribution in [3.8, 4) is 0 Å². The molecule has 1 unspecified atom stereocenters. The molecule has 0 bridgehead atoms. The molecular weight excluding hydrogens is 247 g/mol. The number of hydrogen-bond donors (Lipinski definition) is 2. The zero-order valence-electron chi connectivity index (χ0n) is 9.39. The molecule has 1 atom stereocenters. The smallest absolute Gasteiger partial charge is 0.143 e. The van der Waals surface area contributed by atoms with E-state index in [2.05, 4.69) is 11.6 Å². The molecule has 3 N–H and O–H groups in total. The topological polar surface area (TPSA) is 38.0 Å². The van der Waals surface area contributed by atoms with Gasteiger partial charge in [-0.05, 0) is 31.4 Å². The monoisotopic (exact) mass is 262 g/mol. The maximum Gasteiger partial charge on any atom is 0.143 e. The predicted molar refractivity (Wildman–Crippen MR) is 71.9 cm³/mol. The highest BCUT2D eigenvalue weighted by molar-refractivity contribution is 7.98. The van der Waals surface area contributed by atoms with Gasteiger partial charge in [-0.1, -0.05) is 11.6 Å². The van der Waals surface area contributed by atoms with Gasteiger partial charge in [0, 0.05) is 12.1 Å². The minimum atomic E-state index is -0.449. The van der Waals surface area contributed by atoms with Gasteiger partial charge in [0.25, 0.3) is 0 Å². The summed E-state index contributed by atoms with van der Waals surface area (Å²) >= 11 is 7.40. The first-order valence-corrected chi connectivity index (χ1v) is 6.81. The van der Waals surface area contributed by atoms with Crippen molar-refractivity contribution in [2.75, 3.05) is 23.1 Å². The lowest BCUT2D eigenvalue weighted by Crippen LogP contribution is -2.17. The second-order valence-corrected chi connectivity index (χ2v) is 5.07. The molecule has 0 amide bonds. The van der Waals surface area contributed by atoms with E-state index in [0.717, 1.165) is 12.2 Å². The van der Waals surface area contributed by atoms with Gasteiger partial charge in [-0.15, -0.1) is 0 Å². The van der Waals surface area contributed by atoms with Crippen LogP contribution in [0.15, 0.2) is 12.1 Å². The molecule has 90 valence electrons. The van der Waals surface area contributed by atoms with Crippen molar-refractivity contribution >= 4 is 34.7 Å². The molecule has 0 aliphatic heterocycles. The SMILES string of the molecule is CSCCC(C)Nc1cc(F)c(Cl)cc1N. The molecule has 1 aromatic carbocycles. The third-order valence-corrected chi connectivity index (χ3v) is 3.18. The van der Waals surface area contributed by atoms with E-state index in [1.807, 2.05) is 6.92 Å². The molecule has 0 aliphatic carbocycles. The van der Waals surface area contributed by atoms with Crippen LogP contribution in [0.3, 0.4) is 0 Å². The molecule has 0 spiro atoms. The lowest BCUT2D eigenvalue weighted by atomic mass is 10.2. The fourth-order valence-corrected chi connectivity index (χ4v) is 2.08. The standard InChI is InChI=1S/C11H16ClFN2S/c1-7(3-4-16-2)15-11-6-9(13)8(12)5-10(11)14/h5-7,15H,3-4,14H2,1-2H3. The lowest BCUT2D eigenvalue weighted by Gasteiger charge is -2.16. The number of nitrogens with two attached hydrogens (primary N) is 1. The Kier molecular flexibility index (Phi) is 5.22. The maximum absolute atomic E-state index is 13.2. The van der Waals surface area contributed by atoms with Crippen LogP contribution in [0.25, 0.3) is 0 Å². The number of rotatable bonds is 5. The lowest BCUT2D eigenvalue weighted by molar-refractivity contribution is 0.628. The minimum absolute atomic E-state index is 0.0554. The summed E-state index contributed by atoms with van der Waals surface area (Å²) in [7, 11) is 0. The highest BCUT2D eigenvalue weighted by Gasteiger charge is 2.08. The van der Waals surface area contributed by atoms with Crippen molar-refractivity contribution in [2.45, 2.75) is 19.4 Å². The molecular formula is C11H16ClFN2S. The number of hydrogen-bond acceptors (Lipinski definition) is 3. The Hall–Kier alpha value is -0.610. The van der Waals surface area contributed by atoms with Gasteiger partial charge in [0.1, 0.15) is 5.82 Å². The third kappa shape index (κ3) is 3.76. The Morgan fingerprint density at radius 3 is 2.88 bits per heavy atom. The fourth-order valence-electron chi connectivity index (χ4n) is 1.32. The average molecular weight is 263 g/mol. The molecule has 1 aromatic rings. The van der Waals surface area contributed by atoms with Gasteiger partial charge in [0.15, 0.2) is 0 Å². The molecule has 5 heteroatoms. The number of anilines is 2. The highest BCUT2D eigenvalue weighted by Crippen LogP contribution is 2.26. The van der Waals surface area contributed by atoms with Gasteiger partial charge in [0.2, 0.25) is 0 Å². The van der Waals surface area contributed by atoms with E-state index >= 15 is 0 Å². The van der Waals surface area contributed by atoms with Crippen molar-refractivity contribution in [3.05, 3.63) is 23.0 Å². The largest absolute Gasteiger partial charge is 0.397 e. The molecule has 0 aliphatic rings. The van der Waals surface area contributed by atoms with E-state index in [0.29, 0.717) is 11.4 Å². The van der Waals surface area contributed by atoms with Crippen molar-refractivity contribution in [1.29, 1.82) is 0 Å². The van der Waals surface area contributed by atoms with E-state index < -0.39 is 5.82 Å². The number of halogens is 2. The van der Waals surface area contributed by atoms with Gasteiger partial charge >= 0.3 is 0 Å². The normalized spacial score (nSPS) is 12.5. The number of benzene rings is 1. The van der Waals surface area contributed by atoms with E-state index in [9.17, 15) is 4.39 Å². The van der Waals surface area contributed by atoms with E-state index in [4.69, 9.17) is 17.3 Å². The average Bonchev–Trinajstić information content (AvgIpc) is 2.23. The predicted octanol–water partition coefficient (Wildman–Crippen LogP) is 3.61. The summed E-state index contributed by atoms with van der Waals surface area (Å²) < 4.78 is 13.2. The second-order valence-electron chi connectivity index (χ2n) is 3.68. The molecule has 2 nitrogen and oxygen atoms in total. The molecule has 0 aromatic heterocycles. The van der Waals surface area contributed by atoms with Gasteiger partial charge in [-0.3, -0.25) is 0 Å². The van der Waals surface area contributed by atoms with Crippen LogP contribution in [0.4, 0.5) is 15.8 Å². The molecule has 0 fully saturated rings. The summed E-state index contributed by atoms with van der Waals surface area (Å²) in [5.41, 5.74) is 6.83. The Morgan fingerprint density at radius 2 is 2.25 bits per heavy atom. The second kappa shape index (κ2) is 6.21. The first-order chi connectivity index (χ1) is 7.54. The summed E-state index contributed by atoms with van der Waals surface area (Å²) in [5, 5.41) is 3.23. The Morgan fingerprint density at radius 1 is 1.56 bits per heavy atom. The zero-order chi connectivity index (χ0) is 12.1. The summed E-state index contributed by atoms with van der Waals surface area (Å²) in [6, 6.07) is 3.03. The Labute approximate surface area is 105 Å². The molecule has 0 saturated carbocycles. The molecule has 1 rings (SSSR count). The number of nitrogen functional groups attached to an aromatic ring is 1. The van der Waals surface area contributed by atoms with Gasteiger partial charge in [0.05, 0.1) is 16.4 Å². The number of nitrogens with one attached hydrogen (secondary N) is 1. The maximum atomic E-state index is 13.2. The molecule has 16 heavy (non-hydrogen) atoms. The Balaban J connectivity index is 2.69. The highest BCUT2D eigenvalue weighted by atomic mass is 35.5. The van der Waals surface area contributed by atoms with Crippen molar-refractivity contribution in [3.63, 3.8) is 0 Å². The van der Waals surface area contributed by atoms with E-state index in [1.165, 1.54) is 12.1 Å². The first kappa shape index (κ1) is 13.5. The molecule has 0 saturated heterocycles. The number of thioether (sulfide) groups is 1. The van der Waals surface area contributed by atoms with Gasteiger partial charge < -0.3 is 11.1 Å². The van der Waals surface area contributed by atoms with Crippen LogP contribution in [0, 0.1) is 5.82 Å². The van der Waals surface area contributed by atoms with Crippen molar-refractivity contribution in [2.24, 2.45) is 0 Å². The van der Waals surface area contributed by atoms with Gasteiger partial charge in [-0.25, -0.2) is 4.39 Å². The van der Waals surface area contributed by atoms with Gasteiger partial charge in [-0.2, -0.15) is 11.8 Å². The van der Waals surface area contributed by atoms with E-state index in [1.54, 1.807) is 11.8 Å². The van der Waals surface area contributed by atoms with Crippen LogP contribution in [0.5, 0.6) is 0 Å². The first-order valence-electron chi connectivity index (χ1n) is 5.04. The van der Waals surface area contributed by atoms with Crippen LogP contribution < -0.4 is 11.1 Å². The van der Waals surface area contributed by atoms with Crippen molar-refractivity contribution < 1.29 is 4.39 Å². The summed E-state index contributed by atoms with van der Waals surface area (Å²) in [5.74, 6) is 0.611. The van der Waals surface area contributed by atoms with Crippen molar-refractivity contribution in [1.82, 2.24) is 0 Å². The van der Waals surface area contributed by atoms with Crippen LogP contribution in [0.1, 0.15) is 13.3 Å². The minimum Gasteiger partial charge on any atom is -0.397 e. The fraction of sp³-hybridized carbons (Fsp3) is 0.455. The summed E-state index contributed by atoms with van der Waals surface area (Å²) in [6.07, 6.45) is 3.06.